The summed E-state index contributed by atoms with van der Waals surface area (Å²) in [5, 5.41) is 69.1. The number of hydrogen-bond donors (Lipinski definition) is 8. The number of amides is 1. The molecule has 0 spiro atoms. The molecule has 0 radical (unpaired) electrons. The van der Waals surface area contributed by atoms with E-state index in [-0.39, 0.29) is 24.1 Å². The SMILES string of the molecule is CC(C)c1[nH]nc(O[C@@H]2O[C@H](CO)[C@@H](O)[C@H](O)[C@H]2O)c1Cc1ccc(CCCC(=O)NC(C)(O)C(C)O)cc1. The third-order valence-electron chi connectivity index (χ3n) is 6.99. The molecular formula is C27H41N3O9. The van der Waals surface area contributed by atoms with Crippen molar-refractivity contribution < 1.29 is 44.9 Å². The maximum atomic E-state index is 12.1. The number of nitrogens with one attached hydrogen (secondary N) is 2. The largest absolute Gasteiger partial charge is 0.443 e. The lowest BCUT2D eigenvalue weighted by atomic mass is 9.97. The number of aliphatic hydroxyl groups is 6. The molecule has 1 saturated heterocycles. The summed E-state index contributed by atoms with van der Waals surface area (Å²) < 4.78 is 11.3. The highest BCUT2D eigenvalue weighted by molar-refractivity contribution is 5.76. The first-order chi connectivity index (χ1) is 18.3. The fourth-order valence-corrected chi connectivity index (χ4v) is 4.31. The number of benzene rings is 1. The fraction of sp³-hybridized carbons (Fsp3) is 0.630. The van der Waals surface area contributed by atoms with Gasteiger partial charge in [0.1, 0.15) is 24.4 Å². The summed E-state index contributed by atoms with van der Waals surface area (Å²) in [6.07, 6.45) is -6.24. The minimum atomic E-state index is -1.67. The summed E-state index contributed by atoms with van der Waals surface area (Å²) in [6.45, 7) is 6.18. The average Bonchev–Trinajstić information content (AvgIpc) is 3.27. The van der Waals surface area contributed by atoms with Crippen LogP contribution < -0.4 is 10.1 Å². The molecule has 7 atom stereocenters. The monoisotopic (exact) mass is 551 g/mol. The van der Waals surface area contributed by atoms with Crippen LogP contribution in [0.1, 0.15) is 68.8 Å². The Bertz CT molecular complexity index is 1070. The minimum absolute atomic E-state index is 0.0830. The lowest BCUT2D eigenvalue weighted by Gasteiger charge is -2.39. The van der Waals surface area contributed by atoms with E-state index >= 15 is 0 Å². The standard InChI is InChI=1S/C27H41N3O9/c1-14(2)21-18(25(30-29-21)39-26-24(36)23(35)22(34)19(13-31)38-26)12-17-10-8-16(9-11-17)6-5-7-20(33)28-27(4,37)15(3)32/h8-11,14-15,19,22-24,26,31-32,34-37H,5-7,12-13H2,1-4H3,(H,28,33)(H,29,30)/t15?,19-,22-,23+,24-,26+,27?/m1/s1. The molecule has 0 bridgehead atoms. The summed E-state index contributed by atoms with van der Waals surface area (Å²) in [7, 11) is 0. The van der Waals surface area contributed by atoms with E-state index in [1.807, 2.05) is 38.1 Å². The number of aromatic nitrogens is 2. The Morgan fingerprint density at radius 3 is 2.36 bits per heavy atom. The molecular weight excluding hydrogens is 510 g/mol. The maximum absolute atomic E-state index is 12.1. The highest BCUT2D eigenvalue weighted by Gasteiger charge is 2.45. The zero-order chi connectivity index (χ0) is 28.9. The van der Waals surface area contributed by atoms with Crippen molar-refractivity contribution in [2.75, 3.05) is 6.61 Å². The average molecular weight is 552 g/mol. The van der Waals surface area contributed by atoms with Crippen LogP contribution in [0.4, 0.5) is 0 Å². The van der Waals surface area contributed by atoms with Gasteiger partial charge in [0.2, 0.25) is 18.1 Å². The second-order valence-corrected chi connectivity index (χ2v) is 10.6. The summed E-state index contributed by atoms with van der Waals surface area (Å²) in [4.78, 5) is 12.1. The van der Waals surface area contributed by atoms with Crippen molar-refractivity contribution in [3.63, 3.8) is 0 Å². The van der Waals surface area contributed by atoms with Crippen molar-refractivity contribution in [3.05, 3.63) is 46.6 Å². The quantitative estimate of drug-likeness (QED) is 0.164. The number of rotatable bonds is 12. The Hall–Kier alpha value is -2.58. The number of carbonyl (C=O) groups excluding carboxylic acids is 1. The van der Waals surface area contributed by atoms with Crippen LogP contribution in [-0.4, -0.2) is 95.9 Å². The molecule has 1 aliphatic heterocycles. The normalized spacial score (nSPS) is 25.8. The molecule has 2 aromatic rings. The number of hydrogen-bond acceptors (Lipinski definition) is 10. The van der Waals surface area contributed by atoms with E-state index in [0.29, 0.717) is 19.3 Å². The predicted octanol–water partition coefficient (Wildman–Crippen LogP) is -0.169. The molecule has 3 rings (SSSR count). The smallest absolute Gasteiger partial charge is 0.238 e. The molecule has 1 aliphatic rings. The lowest BCUT2D eigenvalue weighted by Crippen LogP contribution is -2.60. The van der Waals surface area contributed by atoms with Gasteiger partial charge in [-0.2, -0.15) is 0 Å². The number of ether oxygens (including phenoxy) is 2. The van der Waals surface area contributed by atoms with Crippen molar-refractivity contribution in [1.29, 1.82) is 0 Å². The number of nitrogens with zero attached hydrogens (tertiary/aromatic N) is 1. The molecule has 0 aliphatic carbocycles. The fourth-order valence-electron chi connectivity index (χ4n) is 4.31. The number of aliphatic hydroxyl groups excluding tert-OH is 5. The van der Waals surface area contributed by atoms with Gasteiger partial charge in [0.25, 0.3) is 0 Å². The van der Waals surface area contributed by atoms with Gasteiger partial charge in [-0.1, -0.05) is 38.1 Å². The van der Waals surface area contributed by atoms with E-state index in [4.69, 9.17) is 9.47 Å². The summed E-state index contributed by atoms with van der Waals surface area (Å²) >= 11 is 0. The van der Waals surface area contributed by atoms with Crippen LogP contribution in [0.2, 0.25) is 0 Å². The number of aromatic amines is 1. The van der Waals surface area contributed by atoms with Crippen LogP contribution in [-0.2, 0) is 22.4 Å². The number of H-pyrrole nitrogens is 1. The van der Waals surface area contributed by atoms with Gasteiger partial charge < -0.3 is 45.4 Å². The summed E-state index contributed by atoms with van der Waals surface area (Å²) in [5.74, 6) is -0.0727. The molecule has 1 fully saturated rings. The molecule has 1 amide bonds. The molecule has 1 aromatic carbocycles. The van der Waals surface area contributed by atoms with Crippen LogP contribution in [0.5, 0.6) is 5.88 Å². The van der Waals surface area contributed by atoms with E-state index < -0.39 is 49.1 Å². The van der Waals surface area contributed by atoms with Crippen molar-refractivity contribution >= 4 is 5.91 Å². The molecule has 12 nitrogen and oxygen atoms in total. The molecule has 0 saturated carbocycles. The second kappa shape index (κ2) is 13.2. The summed E-state index contributed by atoms with van der Waals surface area (Å²) in [6, 6.07) is 7.85. The van der Waals surface area contributed by atoms with Gasteiger partial charge in [-0.3, -0.25) is 9.89 Å². The Morgan fingerprint density at radius 1 is 1.13 bits per heavy atom. The first-order valence-electron chi connectivity index (χ1n) is 13.2. The van der Waals surface area contributed by atoms with Gasteiger partial charge in [-0.05, 0) is 43.7 Å². The van der Waals surface area contributed by atoms with Crippen LogP contribution in [0.3, 0.4) is 0 Å². The Labute approximate surface area is 227 Å². The van der Waals surface area contributed by atoms with Gasteiger partial charge in [-0.25, -0.2) is 0 Å². The first kappa shape index (κ1) is 31.0. The van der Waals surface area contributed by atoms with E-state index in [1.165, 1.54) is 13.8 Å². The zero-order valence-corrected chi connectivity index (χ0v) is 22.7. The lowest BCUT2D eigenvalue weighted by molar-refractivity contribution is -0.278. The highest BCUT2D eigenvalue weighted by atomic mass is 16.7. The third-order valence-corrected chi connectivity index (χ3v) is 6.99. The molecule has 8 N–H and O–H groups in total. The minimum Gasteiger partial charge on any atom is -0.443 e. The van der Waals surface area contributed by atoms with Crippen LogP contribution in [0.25, 0.3) is 0 Å². The van der Waals surface area contributed by atoms with E-state index in [2.05, 4.69) is 15.5 Å². The van der Waals surface area contributed by atoms with Crippen LogP contribution in [0, 0.1) is 0 Å². The molecule has 39 heavy (non-hydrogen) atoms. The topological polar surface area (TPSA) is 198 Å². The highest BCUT2D eigenvalue weighted by Crippen LogP contribution is 2.31. The van der Waals surface area contributed by atoms with E-state index in [0.717, 1.165) is 22.4 Å². The van der Waals surface area contributed by atoms with Gasteiger partial charge in [-0.15, -0.1) is 5.10 Å². The Balaban J connectivity index is 1.64. The first-order valence-corrected chi connectivity index (χ1v) is 13.2. The van der Waals surface area contributed by atoms with Gasteiger partial charge >= 0.3 is 0 Å². The number of carbonyl (C=O) groups is 1. The molecule has 2 heterocycles. The van der Waals surface area contributed by atoms with E-state index in [1.54, 1.807) is 0 Å². The summed E-state index contributed by atoms with van der Waals surface area (Å²) in [5.41, 5.74) is 1.90. The van der Waals surface area contributed by atoms with Crippen LogP contribution in [0.15, 0.2) is 24.3 Å². The van der Waals surface area contributed by atoms with E-state index in [9.17, 15) is 35.4 Å². The van der Waals surface area contributed by atoms with Crippen molar-refractivity contribution in [3.8, 4) is 5.88 Å². The Kier molecular flexibility index (Phi) is 10.5. The van der Waals surface area contributed by atoms with Crippen molar-refractivity contribution in [2.45, 2.75) is 102 Å². The van der Waals surface area contributed by atoms with Gasteiger partial charge in [0, 0.05) is 24.1 Å². The Morgan fingerprint density at radius 2 is 1.77 bits per heavy atom. The van der Waals surface area contributed by atoms with Crippen LogP contribution >= 0.6 is 0 Å². The van der Waals surface area contributed by atoms with Crippen molar-refractivity contribution in [2.24, 2.45) is 0 Å². The zero-order valence-electron chi connectivity index (χ0n) is 22.7. The van der Waals surface area contributed by atoms with Gasteiger partial charge in [0.05, 0.1) is 12.7 Å². The maximum Gasteiger partial charge on any atom is 0.238 e. The third kappa shape index (κ3) is 7.76. The number of aryl methyl sites for hydroxylation is 1. The van der Waals surface area contributed by atoms with Gasteiger partial charge in [0.15, 0.2) is 5.72 Å². The molecule has 12 heteroatoms. The molecule has 1 aromatic heterocycles. The predicted molar refractivity (Wildman–Crippen MR) is 140 cm³/mol. The molecule has 218 valence electrons. The second-order valence-electron chi connectivity index (χ2n) is 10.6. The molecule has 2 unspecified atom stereocenters. The van der Waals surface area contributed by atoms with Crippen molar-refractivity contribution in [1.82, 2.24) is 15.5 Å².